The van der Waals surface area contributed by atoms with E-state index in [2.05, 4.69) is 10.4 Å². The smallest absolute Gasteiger partial charge is 0.475 e. The molecule has 1 heterocycles. The summed E-state index contributed by atoms with van der Waals surface area (Å²) in [6.07, 6.45) is -5.18. The third kappa shape index (κ3) is 6.81. The highest BCUT2D eigenvalue weighted by Gasteiger charge is 2.38. The van der Waals surface area contributed by atoms with Gasteiger partial charge < -0.3 is 19.6 Å². The molecule has 0 amide bonds. The quantitative estimate of drug-likeness (QED) is 0.460. The lowest BCUT2D eigenvalue weighted by Gasteiger charge is -2.10. The van der Waals surface area contributed by atoms with Crippen molar-refractivity contribution in [3.63, 3.8) is 0 Å². The van der Waals surface area contributed by atoms with E-state index in [0.29, 0.717) is 27.3 Å². The maximum Gasteiger partial charge on any atom is 0.490 e. The summed E-state index contributed by atoms with van der Waals surface area (Å²) in [4.78, 5) is 20.6. The van der Waals surface area contributed by atoms with Crippen molar-refractivity contribution in [3.05, 3.63) is 67.6 Å². The fraction of sp³-hybridized carbons (Fsp3) is 0.167. The number of nitrogens with zero attached hydrogens (tertiary/aromatic N) is 2. The Morgan fingerprint density at radius 3 is 2.31 bits per heavy atom. The summed E-state index contributed by atoms with van der Waals surface area (Å²) in [5.74, 6) is -3.38. The summed E-state index contributed by atoms with van der Waals surface area (Å²) in [5.41, 5.74) is 2.14. The summed E-state index contributed by atoms with van der Waals surface area (Å²) in [5, 5.41) is 15.6. The predicted octanol–water partition coefficient (Wildman–Crippen LogP) is 5.04. The number of hydrogen-bond acceptors (Lipinski definition) is 6. The minimum absolute atomic E-state index is 0.0975. The average molecular weight is 515 g/mol. The average Bonchev–Trinajstić information content (AvgIpc) is 3.10. The van der Waals surface area contributed by atoms with Gasteiger partial charge in [-0.05, 0) is 42.0 Å². The van der Waals surface area contributed by atoms with Crippen LogP contribution < -0.4 is 15.8 Å². The monoisotopic (exact) mass is 513 g/mol. The van der Waals surface area contributed by atoms with Gasteiger partial charge in [0.05, 0.1) is 22.8 Å². The van der Waals surface area contributed by atoms with Gasteiger partial charge in [0.15, 0.2) is 0 Å². The Labute approximate surface area is 193 Å². The maximum absolute atomic E-state index is 11.7. The molecule has 0 fully saturated rings. The number of benzene rings is 2. The molecule has 0 aliphatic carbocycles. The zero-order valence-electron chi connectivity index (χ0n) is 15.9. The topological polar surface area (TPSA) is 107 Å². The molecule has 3 aromatic rings. The van der Waals surface area contributed by atoms with E-state index in [1.54, 1.807) is 36.4 Å². The maximum atomic E-state index is 11.7. The first kappa shape index (κ1) is 25.4. The van der Waals surface area contributed by atoms with Gasteiger partial charge in [-0.1, -0.05) is 39.9 Å². The molecule has 2 aromatic carbocycles. The lowest BCUT2D eigenvalue weighted by atomic mass is 10.2. The molecule has 0 aliphatic heterocycles. The highest BCUT2D eigenvalue weighted by molar-refractivity contribution is 6.43. The van der Waals surface area contributed by atoms with Crippen molar-refractivity contribution in [2.24, 2.45) is 0 Å². The van der Waals surface area contributed by atoms with Crippen molar-refractivity contribution in [2.75, 3.05) is 12.4 Å². The summed E-state index contributed by atoms with van der Waals surface area (Å²) < 4.78 is 42.4. The minimum Gasteiger partial charge on any atom is -0.475 e. The van der Waals surface area contributed by atoms with Crippen LogP contribution in [-0.4, -0.2) is 34.1 Å². The van der Waals surface area contributed by atoms with Gasteiger partial charge in [0.25, 0.3) is 0 Å². The van der Waals surface area contributed by atoms with Gasteiger partial charge in [0.2, 0.25) is 0 Å². The Kier molecular flexibility index (Phi) is 8.42. The van der Waals surface area contributed by atoms with Crippen LogP contribution in [0.15, 0.2) is 45.6 Å². The highest BCUT2D eigenvalue weighted by atomic mass is 35.5. The van der Waals surface area contributed by atoms with Gasteiger partial charge in [-0.25, -0.2) is 9.59 Å². The third-order valence-corrected chi connectivity index (χ3v) is 4.67. The van der Waals surface area contributed by atoms with Crippen molar-refractivity contribution in [1.29, 1.82) is 0 Å². The van der Waals surface area contributed by atoms with Crippen molar-refractivity contribution >= 4 is 46.5 Å². The molecule has 0 spiro atoms. The van der Waals surface area contributed by atoms with Crippen molar-refractivity contribution in [2.45, 2.75) is 12.7 Å². The van der Waals surface area contributed by atoms with Crippen molar-refractivity contribution < 1.29 is 32.2 Å². The number of rotatable bonds is 5. The number of halogens is 6. The van der Waals surface area contributed by atoms with Crippen LogP contribution in [0.2, 0.25) is 15.1 Å². The predicted molar refractivity (Wildman–Crippen MR) is 111 cm³/mol. The van der Waals surface area contributed by atoms with Gasteiger partial charge in [0.1, 0.15) is 0 Å². The molecule has 0 saturated heterocycles. The first-order valence-corrected chi connectivity index (χ1v) is 9.47. The lowest BCUT2D eigenvalue weighted by molar-refractivity contribution is -0.192. The van der Waals surface area contributed by atoms with Gasteiger partial charge in [0, 0.05) is 17.3 Å². The van der Waals surface area contributed by atoms with Gasteiger partial charge in [-0.3, -0.25) is 0 Å². The second-order valence-corrected chi connectivity index (χ2v) is 7.04. The van der Waals surface area contributed by atoms with E-state index in [0.717, 1.165) is 15.9 Å². The van der Waals surface area contributed by atoms with Crippen LogP contribution in [0, 0.1) is 0 Å². The molecule has 0 saturated carbocycles. The molecule has 0 aliphatic rings. The molecule has 3 rings (SSSR count). The molecular weight excluding hydrogens is 502 g/mol. The zero-order chi connectivity index (χ0) is 24.1. The Balaban J connectivity index is 0.000000451. The van der Waals surface area contributed by atoms with Crippen LogP contribution in [0.3, 0.4) is 0 Å². The number of nitrogens with one attached hydrogen (secondary N) is 1. The molecule has 2 N–H and O–H groups in total. The first-order chi connectivity index (χ1) is 14.9. The van der Waals surface area contributed by atoms with Gasteiger partial charge in [-0.15, -0.1) is 0 Å². The van der Waals surface area contributed by atoms with E-state index >= 15 is 0 Å². The number of alkyl halides is 3. The summed E-state index contributed by atoms with van der Waals surface area (Å²) in [6.45, 7) is 0.441. The summed E-state index contributed by atoms with van der Waals surface area (Å²) in [7, 11) is 1.37. The number of ether oxygens (including phenoxy) is 1. The molecule has 172 valence electrons. The largest absolute Gasteiger partial charge is 0.490 e. The molecule has 8 nitrogen and oxygen atoms in total. The molecule has 0 atom stereocenters. The Morgan fingerprint density at radius 1 is 1.22 bits per heavy atom. The molecule has 14 heteroatoms. The molecule has 32 heavy (non-hydrogen) atoms. The number of carboxylic acids is 1. The van der Waals surface area contributed by atoms with E-state index in [4.69, 9.17) is 53.9 Å². The molecule has 0 radical (unpaired) electrons. The second-order valence-electron chi connectivity index (χ2n) is 5.81. The third-order valence-electron chi connectivity index (χ3n) is 3.61. The number of methoxy groups -OCH3 is 1. The fourth-order valence-electron chi connectivity index (χ4n) is 2.16. The van der Waals surface area contributed by atoms with Gasteiger partial charge >= 0.3 is 24.0 Å². The fourth-order valence-corrected chi connectivity index (χ4v) is 2.87. The van der Waals surface area contributed by atoms with Crippen LogP contribution in [-0.2, 0) is 11.3 Å². The van der Waals surface area contributed by atoms with Crippen LogP contribution in [0.4, 0.5) is 18.9 Å². The number of carboxylic acid groups (broad SMARTS) is 1. The Morgan fingerprint density at radius 2 is 1.81 bits per heavy atom. The summed E-state index contributed by atoms with van der Waals surface area (Å²) in [6, 6.07) is 10.4. The van der Waals surface area contributed by atoms with Crippen molar-refractivity contribution in [1.82, 2.24) is 9.78 Å². The van der Waals surface area contributed by atoms with E-state index in [1.165, 1.54) is 7.11 Å². The Hall–Kier alpha value is -2.89. The number of carbonyl (C=O) groups is 1. The number of aliphatic carboxylic acids is 1. The number of aromatic nitrogens is 2. The lowest BCUT2D eigenvalue weighted by Crippen LogP contribution is -2.21. The van der Waals surface area contributed by atoms with Gasteiger partial charge in [-0.2, -0.15) is 17.9 Å². The first-order valence-electron chi connectivity index (χ1n) is 8.34. The minimum atomic E-state index is -5.08. The van der Waals surface area contributed by atoms with E-state index in [1.807, 2.05) is 0 Å². The summed E-state index contributed by atoms with van der Waals surface area (Å²) >= 11 is 18.2. The van der Waals surface area contributed by atoms with E-state index in [9.17, 15) is 18.0 Å². The highest BCUT2D eigenvalue weighted by Crippen LogP contribution is 2.30. The standard InChI is InChI=1S/C16H12Cl3N3O3.C2HF3O2/c1-24-15-21-22(16(23)25-15)12-4-2-11(3-5-12)20-8-9-6-10(17)7-13(18)14(9)19;3-2(4,5)1(6)7/h2-7,20H,8H2,1H3;(H,6,7). The molecule has 0 unspecified atom stereocenters. The SMILES string of the molecule is COc1nn(-c2ccc(NCc3cc(Cl)cc(Cl)c3Cl)cc2)c(=O)o1.O=C(O)C(F)(F)F. The van der Waals surface area contributed by atoms with Crippen LogP contribution in [0.1, 0.15) is 5.56 Å². The number of hydrogen-bond donors (Lipinski definition) is 2. The van der Waals surface area contributed by atoms with Crippen LogP contribution in [0.25, 0.3) is 5.69 Å². The zero-order valence-corrected chi connectivity index (χ0v) is 18.2. The second kappa shape index (κ2) is 10.6. The Bertz CT molecular complexity index is 1150. The van der Waals surface area contributed by atoms with Crippen molar-refractivity contribution in [3.8, 4) is 11.8 Å². The normalized spacial score (nSPS) is 10.8. The molecular formula is C18H13Cl3F3N3O5. The van der Waals surface area contributed by atoms with Crippen LogP contribution >= 0.6 is 34.8 Å². The van der Waals surface area contributed by atoms with Crippen LogP contribution in [0.5, 0.6) is 6.08 Å². The van der Waals surface area contributed by atoms with E-state index < -0.39 is 17.9 Å². The molecule has 0 bridgehead atoms. The molecule has 1 aromatic heterocycles. The number of anilines is 1. The van der Waals surface area contributed by atoms with E-state index in [-0.39, 0.29) is 6.08 Å².